The van der Waals surface area contributed by atoms with E-state index in [0.717, 1.165) is 19.3 Å². The van der Waals surface area contributed by atoms with Gasteiger partial charge in [-0.25, -0.2) is 4.98 Å². The number of anilines is 1. The Kier molecular flexibility index (Phi) is 5.67. The smallest absolute Gasteiger partial charge is 0.225 e. The molecule has 22 heavy (non-hydrogen) atoms. The standard InChI is InChI=1S/C18H19N3O/c1-14-6-4-8-15(12-14)7-2-3-10-17(22)21-18-16(13-19)9-5-11-20-18/h4-6,8-9,11-12H,2-3,7,10H2,1H3,(H,20,21,22). The van der Waals surface area contributed by atoms with Gasteiger partial charge in [-0.05, 0) is 43.9 Å². The second kappa shape index (κ2) is 7.94. The van der Waals surface area contributed by atoms with Crippen molar-refractivity contribution in [1.82, 2.24) is 4.98 Å². The van der Waals surface area contributed by atoms with Crippen LogP contribution in [-0.2, 0) is 11.2 Å². The molecule has 2 aromatic rings. The van der Waals surface area contributed by atoms with Crippen LogP contribution in [0.5, 0.6) is 0 Å². The van der Waals surface area contributed by atoms with Gasteiger partial charge in [-0.2, -0.15) is 5.26 Å². The normalized spacial score (nSPS) is 10.0. The number of carbonyl (C=O) groups excluding carboxylic acids is 1. The zero-order valence-electron chi connectivity index (χ0n) is 12.7. The maximum Gasteiger partial charge on any atom is 0.225 e. The summed E-state index contributed by atoms with van der Waals surface area (Å²) in [6.07, 6.45) is 4.75. The van der Waals surface area contributed by atoms with Crippen LogP contribution >= 0.6 is 0 Å². The summed E-state index contributed by atoms with van der Waals surface area (Å²) in [7, 11) is 0. The van der Waals surface area contributed by atoms with Crippen LogP contribution in [-0.4, -0.2) is 10.9 Å². The van der Waals surface area contributed by atoms with E-state index in [9.17, 15) is 4.79 Å². The lowest BCUT2D eigenvalue weighted by Crippen LogP contribution is -2.13. The van der Waals surface area contributed by atoms with Crippen LogP contribution < -0.4 is 5.32 Å². The molecule has 0 radical (unpaired) electrons. The molecule has 0 spiro atoms. The largest absolute Gasteiger partial charge is 0.310 e. The van der Waals surface area contributed by atoms with Crippen molar-refractivity contribution in [3.63, 3.8) is 0 Å². The summed E-state index contributed by atoms with van der Waals surface area (Å²) in [6.45, 7) is 2.08. The first kappa shape index (κ1) is 15.7. The van der Waals surface area contributed by atoms with Crippen molar-refractivity contribution < 1.29 is 4.79 Å². The second-order valence-corrected chi connectivity index (χ2v) is 5.26. The maximum absolute atomic E-state index is 11.9. The molecule has 0 aliphatic carbocycles. The number of unbranched alkanes of at least 4 members (excludes halogenated alkanes) is 1. The number of carbonyl (C=O) groups is 1. The number of rotatable bonds is 6. The summed E-state index contributed by atoms with van der Waals surface area (Å²) in [6, 6.07) is 13.8. The molecule has 4 nitrogen and oxygen atoms in total. The van der Waals surface area contributed by atoms with Gasteiger partial charge in [0.2, 0.25) is 5.91 Å². The monoisotopic (exact) mass is 293 g/mol. The Morgan fingerprint density at radius 2 is 2.14 bits per heavy atom. The Morgan fingerprint density at radius 1 is 1.27 bits per heavy atom. The van der Waals surface area contributed by atoms with Crippen LogP contribution in [0.15, 0.2) is 42.6 Å². The van der Waals surface area contributed by atoms with Crippen molar-refractivity contribution in [3.8, 4) is 6.07 Å². The number of amides is 1. The molecule has 0 aliphatic rings. The third kappa shape index (κ3) is 4.71. The van der Waals surface area contributed by atoms with Crippen LogP contribution in [0.1, 0.15) is 36.0 Å². The molecule has 0 bridgehead atoms. The maximum atomic E-state index is 11.9. The molecule has 0 unspecified atom stereocenters. The number of aryl methyl sites for hydroxylation is 2. The molecule has 112 valence electrons. The summed E-state index contributed by atoms with van der Waals surface area (Å²) in [5.74, 6) is 0.244. The van der Waals surface area contributed by atoms with Crippen molar-refractivity contribution in [1.29, 1.82) is 5.26 Å². The fourth-order valence-electron chi connectivity index (χ4n) is 2.27. The Balaban J connectivity index is 1.75. The second-order valence-electron chi connectivity index (χ2n) is 5.26. The van der Waals surface area contributed by atoms with Gasteiger partial charge in [0.25, 0.3) is 0 Å². The highest BCUT2D eigenvalue weighted by atomic mass is 16.1. The number of hydrogen-bond acceptors (Lipinski definition) is 3. The summed E-state index contributed by atoms with van der Waals surface area (Å²) in [5, 5.41) is 11.6. The summed E-state index contributed by atoms with van der Waals surface area (Å²) in [4.78, 5) is 15.9. The Labute approximate surface area is 130 Å². The molecule has 1 N–H and O–H groups in total. The Hall–Kier alpha value is -2.67. The lowest BCUT2D eigenvalue weighted by molar-refractivity contribution is -0.116. The molecule has 0 aliphatic heterocycles. The highest BCUT2D eigenvalue weighted by Crippen LogP contribution is 2.12. The van der Waals surface area contributed by atoms with Crippen LogP contribution in [0.25, 0.3) is 0 Å². The molecule has 0 fully saturated rings. The molecule has 0 saturated carbocycles. The van der Waals surface area contributed by atoms with E-state index >= 15 is 0 Å². The lowest BCUT2D eigenvalue weighted by atomic mass is 10.0. The summed E-state index contributed by atoms with van der Waals surface area (Å²) in [5.41, 5.74) is 2.95. The van der Waals surface area contributed by atoms with E-state index in [4.69, 9.17) is 5.26 Å². The molecular weight excluding hydrogens is 274 g/mol. The van der Waals surface area contributed by atoms with E-state index in [0.29, 0.717) is 17.8 Å². The first-order valence-electron chi connectivity index (χ1n) is 7.39. The van der Waals surface area contributed by atoms with E-state index in [1.54, 1.807) is 18.3 Å². The van der Waals surface area contributed by atoms with Crippen molar-refractivity contribution >= 4 is 11.7 Å². The van der Waals surface area contributed by atoms with Gasteiger partial charge >= 0.3 is 0 Å². The minimum atomic E-state index is -0.0977. The number of nitriles is 1. The number of nitrogens with zero attached hydrogens (tertiary/aromatic N) is 2. The SMILES string of the molecule is Cc1cccc(CCCCC(=O)Nc2ncccc2C#N)c1. The molecule has 0 saturated heterocycles. The average Bonchev–Trinajstić information content (AvgIpc) is 2.52. The van der Waals surface area contributed by atoms with E-state index < -0.39 is 0 Å². The van der Waals surface area contributed by atoms with Gasteiger partial charge in [-0.15, -0.1) is 0 Å². The van der Waals surface area contributed by atoms with E-state index in [-0.39, 0.29) is 5.91 Å². The molecule has 1 aromatic heterocycles. The number of hydrogen-bond donors (Lipinski definition) is 1. The van der Waals surface area contributed by atoms with E-state index in [1.807, 2.05) is 6.07 Å². The van der Waals surface area contributed by atoms with Crippen LogP contribution in [0, 0.1) is 18.3 Å². The number of nitrogens with one attached hydrogen (secondary N) is 1. The van der Waals surface area contributed by atoms with Gasteiger partial charge < -0.3 is 5.32 Å². The predicted octanol–water partition coefficient (Wildman–Crippen LogP) is 3.61. The minimum Gasteiger partial charge on any atom is -0.310 e. The van der Waals surface area contributed by atoms with Crippen molar-refractivity contribution in [2.45, 2.75) is 32.6 Å². The molecule has 4 heteroatoms. The van der Waals surface area contributed by atoms with Gasteiger partial charge in [0.15, 0.2) is 0 Å². The number of benzene rings is 1. The van der Waals surface area contributed by atoms with E-state index in [1.165, 1.54) is 11.1 Å². The molecule has 1 heterocycles. The molecule has 0 atom stereocenters. The zero-order valence-corrected chi connectivity index (χ0v) is 12.7. The minimum absolute atomic E-state index is 0.0977. The van der Waals surface area contributed by atoms with Crippen LogP contribution in [0.4, 0.5) is 5.82 Å². The van der Waals surface area contributed by atoms with Crippen molar-refractivity contribution in [2.75, 3.05) is 5.32 Å². The zero-order chi connectivity index (χ0) is 15.8. The summed E-state index contributed by atoms with van der Waals surface area (Å²) >= 11 is 0. The number of aromatic nitrogens is 1. The van der Waals surface area contributed by atoms with E-state index in [2.05, 4.69) is 41.5 Å². The average molecular weight is 293 g/mol. The molecule has 1 amide bonds. The highest BCUT2D eigenvalue weighted by Gasteiger charge is 2.07. The van der Waals surface area contributed by atoms with Gasteiger partial charge in [0.1, 0.15) is 11.9 Å². The van der Waals surface area contributed by atoms with Crippen LogP contribution in [0.2, 0.25) is 0 Å². The molecule has 1 aromatic carbocycles. The van der Waals surface area contributed by atoms with Crippen LogP contribution in [0.3, 0.4) is 0 Å². The summed E-state index contributed by atoms with van der Waals surface area (Å²) < 4.78 is 0. The van der Waals surface area contributed by atoms with Gasteiger partial charge in [-0.1, -0.05) is 29.8 Å². The fourth-order valence-corrected chi connectivity index (χ4v) is 2.27. The molecule has 2 rings (SSSR count). The fraction of sp³-hybridized carbons (Fsp3) is 0.278. The highest BCUT2D eigenvalue weighted by molar-refractivity contribution is 5.90. The van der Waals surface area contributed by atoms with Gasteiger partial charge in [0.05, 0.1) is 5.56 Å². The predicted molar refractivity (Wildman–Crippen MR) is 86.3 cm³/mol. The third-order valence-corrected chi connectivity index (χ3v) is 3.39. The number of pyridine rings is 1. The molecular formula is C18H19N3O. The topological polar surface area (TPSA) is 65.8 Å². The van der Waals surface area contributed by atoms with Gasteiger partial charge in [-0.3, -0.25) is 4.79 Å². The van der Waals surface area contributed by atoms with Crippen molar-refractivity contribution in [2.24, 2.45) is 0 Å². The first-order chi connectivity index (χ1) is 10.7. The quantitative estimate of drug-likeness (QED) is 0.827. The lowest BCUT2D eigenvalue weighted by Gasteiger charge is -2.06. The third-order valence-electron chi connectivity index (χ3n) is 3.39. The Bertz CT molecular complexity index is 689. The van der Waals surface area contributed by atoms with Crippen molar-refractivity contribution in [3.05, 3.63) is 59.3 Å². The Morgan fingerprint density at radius 3 is 2.91 bits per heavy atom. The first-order valence-corrected chi connectivity index (χ1v) is 7.39. The van der Waals surface area contributed by atoms with Gasteiger partial charge in [0, 0.05) is 12.6 Å².